The summed E-state index contributed by atoms with van der Waals surface area (Å²) in [6.45, 7) is 0.964. The number of carbonyl (C=O) groups is 15. The van der Waals surface area contributed by atoms with Crippen molar-refractivity contribution in [3.63, 3.8) is 0 Å². The van der Waals surface area contributed by atoms with Crippen molar-refractivity contribution in [2.75, 3.05) is 94.1 Å². The SMILES string of the molecule is CN(C)c1ccc2c(c1)OC1=C(C=CC(=[N+](C)C)C1)C2c1ccc(C(=O)NCCCC[C@H](CC(=O)[C@@H](CCC(=O)NC[C@H](O)[C@@H](O)[C@H](O)[C@H](O)CO)NC(=O)[C@@H](CCC(=O)O)CC(=O)[C@@H](CCC(=O)NC[C@H](O)[C@@H](O)[C@H](O)[C@H](O)CO)NC(=O)[C@@H](CCC(=O)O)CC(=O)c2cccc(NC(=O)N[C@@H]3CN(C4CCCCC4)c4ccccc4N(CC(=O)C(C)(C)C)C3=O)c2)C(=O)O)cc1C(=O)O. The summed E-state index contributed by atoms with van der Waals surface area (Å²) in [5.41, 5.74) is 3.49. The van der Waals surface area contributed by atoms with E-state index in [1.54, 1.807) is 39.0 Å². The van der Waals surface area contributed by atoms with Gasteiger partial charge in [-0.05, 0) is 105 Å². The zero-order valence-corrected chi connectivity index (χ0v) is 77.1. The lowest BCUT2D eigenvalue weighted by molar-refractivity contribution is -0.464. The molecule has 1 unspecified atom stereocenters. The van der Waals surface area contributed by atoms with Crippen molar-refractivity contribution in [2.45, 2.75) is 228 Å². The van der Waals surface area contributed by atoms with Crippen LogP contribution in [0, 0.1) is 23.2 Å². The molecule has 136 heavy (non-hydrogen) atoms. The maximum absolute atomic E-state index is 15.1. The first-order valence-electron chi connectivity index (χ1n) is 45.3. The van der Waals surface area contributed by atoms with Gasteiger partial charge in [0.15, 0.2) is 28.8 Å². The van der Waals surface area contributed by atoms with Gasteiger partial charge in [-0.25, -0.2) is 14.2 Å². The van der Waals surface area contributed by atoms with Gasteiger partial charge in [0.2, 0.25) is 23.6 Å². The number of urea groups is 1. The molecule has 41 nitrogen and oxygen atoms in total. The molecule has 15 atom stereocenters. The van der Waals surface area contributed by atoms with Gasteiger partial charge < -0.3 is 128 Å². The highest BCUT2D eigenvalue weighted by atomic mass is 16.5. The lowest BCUT2D eigenvalue weighted by atomic mass is 9.77. The summed E-state index contributed by atoms with van der Waals surface area (Å²) in [6.07, 6.45) is -17.0. The monoisotopic (exact) mass is 1900 g/mol. The van der Waals surface area contributed by atoms with E-state index in [0.29, 0.717) is 40.4 Å². The van der Waals surface area contributed by atoms with Crippen LogP contribution < -0.4 is 56.7 Å². The number of allylic oxidation sites excluding steroid dienone is 4. The Bertz CT molecular complexity index is 5080. The van der Waals surface area contributed by atoms with Gasteiger partial charge >= 0.3 is 29.9 Å². The van der Waals surface area contributed by atoms with Crippen LogP contribution in [0.4, 0.5) is 27.5 Å². The number of rotatable bonds is 52. The van der Waals surface area contributed by atoms with Crippen molar-refractivity contribution in [2.24, 2.45) is 23.2 Å². The van der Waals surface area contributed by atoms with Gasteiger partial charge in [0.05, 0.1) is 73.3 Å². The summed E-state index contributed by atoms with van der Waals surface area (Å²) in [5.74, 6) is -19.6. The Hall–Kier alpha value is -12.3. The molecule has 41 heteroatoms. The number of carboxylic acid groups (broad SMARTS) is 4. The third kappa shape index (κ3) is 30.8. The molecule has 4 aromatic rings. The number of nitrogens with zero attached hydrogens (tertiary/aromatic N) is 4. The fourth-order valence-electron chi connectivity index (χ4n) is 16.5. The smallest absolute Gasteiger partial charge is 0.336 e. The first-order chi connectivity index (χ1) is 64.3. The van der Waals surface area contributed by atoms with Crippen molar-refractivity contribution >= 4 is 117 Å². The predicted octanol–water partition coefficient (Wildman–Crippen LogP) is 1.58. The second-order valence-corrected chi connectivity index (χ2v) is 36.2. The summed E-state index contributed by atoms with van der Waals surface area (Å²) >= 11 is 0. The molecule has 2 aliphatic heterocycles. The minimum Gasteiger partial charge on any atom is -0.481 e. The van der Waals surface area contributed by atoms with Crippen LogP contribution in [-0.4, -0.2) is 317 Å². The third-order valence-corrected chi connectivity index (χ3v) is 24.7. The van der Waals surface area contributed by atoms with Crippen LogP contribution in [0.15, 0.2) is 108 Å². The number of anilines is 4. The van der Waals surface area contributed by atoms with Gasteiger partial charge in [-0.1, -0.05) is 82.9 Å². The topological polar surface area (TPSA) is 645 Å². The van der Waals surface area contributed by atoms with Crippen LogP contribution in [0.1, 0.15) is 197 Å². The second kappa shape index (κ2) is 51.0. The Balaban J connectivity index is 1.01. The number of aliphatic hydroxyl groups excluding tert-OH is 10. The van der Waals surface area contributed by atoms with Crippen molar-refractivity contribution < 1.29 is 153 Å². The molecule has 4 aromatic carbocycles. The largest absolute Gasteiger partial charge is 0.481 e. The van der Waals surface area contributed by atoms with E-state index in [0.717, 1.165) is 49.1 Å². The van der Waals surface area contributed by atoms with Crippen molar-refractivity contribution in [1.29, 1.82) is 0 Å². The van der Waals surface area contributed by atoms with Crippen LogP contribution in [0.5, 0.6) is 5.75 Å². The van der Waals surface area contributed by atoms with Crippen molar-refractivity contribution in [3.8, 4) is 5.75 Å². The zero-order valence-electron chi connectivity index (χ0n) is 77.1. The molecule has 0 spiro atoms. The number of unbranched alkanes of at least 4 members (excludes halogenated alkanes) is 1. The standard InChI is InChI=1S/C95H127N11O30/c1-95(2,3)78(116)48-106-68-22-12-11-21-67(68)105(57-19-9-8-10-20-57)47-66(91(106)130)102-94(135)99-56-18-15-17-51(38-56)69(109)40-53(24-35-81(119)120)89(128)100-64(31-33-79(117)97-45-72(112)84(123)86(125)74(114)49-107)70(110)41-54(25-36-82(121)122)90(129)101-65(32-34-80(118)98-46-73(113)85(124)87(126)75(115)50-108)71(111)42-55(92(131)132)16-13-14-37-96-88(127)52-23-28-60(63(39-52)93(133)134)83-61-29-26-58(103(4)5)43-76(61)136-77-44-59(104(6)7)27-30-62(77)83/h11-12,15,17-18,21-23,26-30,38-39,43,53-55,57,64-66,72-75,83-87,107-108,112-115,123-126H,8-10,13-14,16,19-20,24-25,31-37,40-42,44-50H2,1-7H3,(H10-,96,97,98,99,100,101,102,117,118,119,120,121,122,127,128,129,131,132,133,134,135)/p+1/t53-,54-,55+,64+,65+,66+,72-,73-,74+,75+,83?,84+,85+,86+,87+/m0/s1. The van der Waals surface area contributed by atoms with Crippen LogP contribution in [0.3, 0.4) is 0 Å². The summed E-state index contributed by atoms with van der Waals surface area (Å²) in [6, 6.07) is 16.3. The van der Waals surface area contributed by atoms with E-state index in [4.69, 9.17) is 4.74 Å². The number of ether oxygens (including phenoxy) is 1. The van der Waals surface area contributed by atoms with Crippen LogP contribution in [0.25, 0.3) is 0 Å². The number of para-hydroxylation sites is 2. The van der Waals surface area contributed by atoms with Crippen LogP contribution in [-0.2, 0) is 52.7 Å². The van der Waals surface area contributed by atoms with E-state index in [1.807, 2.05) is 80.1 Å². The molecular formula is C95H128N11O30+. The Kier molecular flexibility index (Phi) is 40.9. The number of Topliss-reactive ketones (excluding diaryl/α,β-unsaturated/α-hetero) is 4. The molecule has 0 aromatic heterocycles. The van der Waals surface area contributed by atoms with E-state index in [1.165, 1.54) is 41.3 Å². The quantitative estimate of drug-likeness (QED) is 0.0169. The molecule has 1 fully saturated rings. The number of aromatic carboxylic acids is 1. The number of carboxylic acids is 4. The Labute approximate surface area is 785 Å². The number of fused-ring (bicyclic) bond motifs is 2. The number of ketones is 4. The van der Waals surface area contributed by atoms with Gasteiger partial charge in [-0.15, -0.1) is 0 Å². The molecule has 8 rings (SSSR count). The first kappa shape index (κ1) is 109. The molecule has 2 heterocycles. The summed E-state index contributed by atoms with van der Waals surface area (Å²) in [7, 11) is 7.51. The van der Waals surface area contributed by atoms with Crippen LogP contribution in [0.2, 0.25) is 0 Å². The predicted molar refractivity (Wildman–Crippen MR) is 491 cm³/mol. The van der Waals surface area contributed by atoms with Gasteiger partial charge in [0.1, 0.15) is 68.3 Å². The third-order valence-electron chi connectivity index (χ3n) is 24.7. The maximum Gasteiger partial charge on any atom is 0.336 e. The molecule has 4 aliphatic rings. The van der Waals surface area contributed by atoms with E-state index in [-0.39, 0.29) is 73.1 Å². The van der Waals surface area contributed by atoms with Gasteiger partial charge in [0, 0.05) is 160 Å². The number of aliphatic carboxylic acids is 3. The number of carbonyl (C=O) groups excluding carboxylic acids is 11. The van der Waals surface area contributed by atoms with Crippen molar-refractivity contribution in [1.82, 2.24) is 31.9 Å². The molecule has 742 valence electrons. The highest BCUT2D eigenvalue weighted by Crippen LogP contribution is 2.48. The zero-order chi connectivity index (χ0) is 100. The van der Waals surface area contributed by atoms with Gasteiger partial charge in [-0.2, -0.15) is 0 Å². The molecule has 0 radical (unpaired) electrons. The number of hydrogen-bond donors (Lipinski definition) is 21. The number of nitrogens with one attached hydrogen (secondary N) is 7. The van der Waals surface area contributed by atoms with E-state index < -0.39 is 276 Å². The minimum atomic E-state index is -2.17. The van der Waals surface area contributed by atoms with Crippen LogP contribution >= 0.6 is 0 Å². The van der Waals surface area contributed by atoms with Gasteiger partial charge in [-0.3, -0.25) is 62.3 Å². The fraction of sp³-hybridized carbons (Fsp3) is 0.537. The molecule has 1 saturated carbocycles. The Morgan fingerprint density at radius 1 is 0.574 bits per heavy atom. The minimum absolute atomic E-state index is 0.000615. The molecule has 21 N–H and O–H groups in total. The molecule has 0 bridgehead atoms. The number of hydrogen-bond acceptors (Lipinski definition) is 28. The van der Waals surface area contributed by atoms with E-state index in [2.05, 4.69) is 42.1 Å². The Morgan fingerprint density at radius 3 is 1.66 bits per heavy atom. The highest BCUT2D eigenvalue weighted by molar-refractivity contribution is 6.09. The fourth-order valence-corrected chi connectivity index (χ4v) is 16.5. The molecule has 2 aliphatic carbocycles. The summed E-state index contributed by atoms with van der Waals surface area (Å²) in [4.78, 5) is 214. The van der Waals surface area contributed by atoms with E-state index in [9.17, 15) is 139 Å². The average Bonchev–Trinajstić information content (AvgIpc) is 1.57. The van der Waals surface area contributed by atoms with E-state index >= 15 is 4.79 Å². The molecule has 0 saturated heterocycles. The molecule has 8 amide bonds. The number of benzene rings is 4. The highest BCUT2D eigenvalue weighted by Gasteiger charge is 2.43. The summed E-state index contributed by atoms with van der Waals surface area (Å²) < 4.78 is 8.43. The number of aliphatic hydroxyl groups is 10. The van der Waals surface area contributed by atoms with Gasteiger partial charge in [0.25, 0.3) is 11.8 Å². The normalized spacial score (nSPS) is 17.8. The first-order valence-corrected chi connectivity index (χ1v) is 45.3. The Morgan fingerprint density at radius 2 is 1.12 bits per heavy atom. The average molecular weight is 1900 g/mol. The number of amides is 8. The summed E-state index contributed by atoms with van der Waals surface area (Å²) in [5, 5.41) is 160. The van der Waals surface area contributed by atoms with Crippen molar-refractivity contribution in [3.05, 3.63) is 136 Å². The lowest BCUT2D eigenvalue weighted by Gasteiger charge is -2.37. The second-order valence-electron chi connectivity index (χ2n) is 36.2. The maximum atomic E-state index is 15.1. The lowest BCUT2D eigenvalue weighted by Crippen LogP contribution is -2.55. The molecular weight excluding hydrogens is 1780 g/mol.